The fourth-order valence-electron chi connectivity index (χ4n) is 3.19. The van der Waals surface area contributed by atoms with Crippen molar-refractivity contribution in [3.63, 3.8) is 0 Å². The molecule has 0 unspecified atom stereocenters. The molecule has 1 saturated heterocycles. The van der Waals surface area contributed by atoms with E-state index in [9.17, 15) is 18.0 Å². The number of nitrogens with zero attached hydrogens (tertiary/aromatic N) is 1. The first kappa shape index (κ1) is 17.5. The number of nitrogens with one attached hydrogen (secondary N) is 1. The molecule has 1 fully saturated rings. The van der Waals surface area contributed by atoms with Crippen LogP contribution in [0.15, 0.2) is 30.5 Å². The molecule has 25 heavy (non-hydrogen) atoms. The molecule has 1 aromatic carbocycles. The van der Waals surface area contributed by atoms with Crippen LogP contribution in [0.25, 0.3) is 10.9 Å². The van der Waals surface area contributed by atoms with Crippen LogP contribution in [0.5, 0.6) is 0 Å². The van der Waals surface area contributed by atoms with Crippen molar-refractivity contribution in [3.05, 3.63) is 36.0 Å². The van der Waals surface area contributed by atoms with Crippen molar-refractivity contribution in [2.24, 2.45) is 7.05 Å². The Morgan fingerprint density at radius 2 is 2.04 bits per heavy atom. The molecule has 2 heterocycles. The fraction of sp³-hybridized carbons (Fsp3) is 0.412. The molecular weight excluding hydrogens is 344 g/mol. The highest BCUT2D eigenvalue weighted by molar-refractivity contribution is 7.91. The Balaban J connectivity index is 1.63. The van der Waals surface area contributed by atoms with Crippen LogP contribution in [0.2, 0.25) is 0 Å². The van der Waals surface area contributed by atoms with E-state index in [0.29, 0.717) is 12.0 Å². The van der Waals surface area contributed by atoms with Crippen LogP contribution in [0.4, 0.5) is 0 Å². The molecule has 0 aliphatic carbocycles. The third kappa shape index (κ3) is 3.68. The van der Waals surface area contributed by atoms with E-state index in [-0.39, 0.29) is 11.5 Å². The van der Waals surface area contributed by atoms with Gasteiger partial charge in [-0.1, -0.05) is 18.2 Å². The van der Waals surface area contributed by atoms with Crippen LogP contribution in [-0.2, 0) is 26.4 Å². The SMILES string of the molecule is Cn1cc(C(=O)OCC(=O)N[C@@]2(C)CCS(=O)(=O)C2)c2ccccc21. The monoisotopic (exact) mass is 364 g/mol. The average molecular weight is 364 g/mol. The van der Waals surface area contributed by atoms with Gasteiger partial charge in [0.1, 0.15) is 0 Å². The Morgan fingerprint density at radius 1 is 1.32 bits per heavy atom. The first-order valence-corrected chi connectivity index (χ1v) is 9.74. The van der Waals surface area contributed by atoms with E-state index in [2.05, 4.69) is 5.32 Å². The second-order valence-electron chi connectivity index (χ2n) is 6.70. The van der Waals surface area contributed by atoms with E-state index in [1.54, 1.807) is 13.1 Å². The summed E-state index contributed by atoms with van der Waals surface area (Å²) in [5.74, 6) is -1.13. The van der Waals surface area contributed by atoms with Gasteiger partial charge < -0.3 is 14.6 Å². The van der Waals surface area contributed by atoms with Crippen LogP contribution >= 0.6 is 0 Å². The predicted molar refractivity (Wildman–Crippen MR) is 93.0 cm³/mol. The molecule has 8 heteroatoms. The van der Waals surface area contributed by atoms with Crippen LogP contribution in [-0.4, -0.2) is 48.5 Å². The Bertz CT molecular complexity index is 947. The normalized spacial score (nSPS) is 22.0. The minimum absolute atomic E-state index is 0.0551. The lowest BCUT2D eigenvalue weighted by atomic mass is 10.0. The summed E-state index contributed by atoms with van der Waals surface area (Å²) >= 11 is 0. The Labute approximate surface area is 145 Å². The molecule has 0 radical (unpaired) electrons. The van der Waals surface area contributed by atoms with E-state index in [4.69, 9.17) is 4.74 Å². The molecule has 1 aliphatic rings. The van der Waals surface area contributed by atoms with Crippen LogP contribution in [0.3, 0.4) is 0 Å². The number of hydrogen-bond donors (Lipinski definition) is 1. The highest BCUT2D eigenvalue weighted by Crippen LogP contribution is 2.23. The summed E-state index contributed by atoms with van der Waals surface area (Å²) in [6, 6.07) is 7.41. The average Bonchev–Trinajstić information content (AvgIpc) is 3.02. The maximum atomic E-state index is 12.3. The largest absolute Gasteiger partial charge is 0.452 e. The number of carbonyl (C=O) groups is 2. The molecule has 1 aromatic heterocycles. The number of hydrogen-bond acceptors (Lipinski definition) is 5. The lowest BCUT2D eigenvalue weighted by Crippen LogP contribution is -2.48. The molecule has 134 valence electrons. The molecule has 1 aliphatic heterocycles. The number of benzene rings is 1. The van der Waals surface area contributed by atoms with E-state index in [1.807, 2.05) is 35.9 Å². The fourth-order valence-corrected chi connectivity index (χ4v) is 5.29. The van der Waals surface area contributed by atoms with Gasteiger partial charge in [0.05, 0.1) is 22.6 Å². The van der Waals surface area contributed by atoms with Gasteiger partial charge in [-0.25, -0.2) is 13.2 Å². The summed E-state index contributed by atoms with van der Waals surface area (Å²) in [6.07, 6.45) is 2.02. The maximum absolute atomic E-state index is 12.3. The molecule has 0 bridgehead atoms. The molecule has 1 N–H and O–H groups in total. The number of esters is 1. The molecule has 3 rings (SSSR count). The van der Waals surface area contributed by atoms with Crippen molar-refractivity contribution < 1.29 is 22.7 Å². The minimum atomic E-state index is -3.12. The lowest BCUT2D eigenvalue weighted by Gasteiger charge is -2.23. The summed E-state index contributed by atoms with van der Waals surface area (Å²) in [7, 11) is -1.29. The molecular formula is C17H20N2O5S. The van der Waals surface area contributed by atoms with Gasteiger partial charge in [0.15, 0.2) is 16.4 Å². The van der Waals surface area contributed by atoms with Gasteiger partial charge >= 0.3 is 5.97 Å². The molecule has 0 spiro atoms. The summed E-state index contributed by atoms with van der Waals surface area (Å²) in [6.45, 7) is 1.24. The molecule has 2 aromatic rings. The third-order valence-corrected chi connectivity index (χ3v) is 6.30. The van der Waals surface area contributed by atoms with Gasteiger partial charge in [-0.15, -0.1) is 0 Å². The molecule has 7 nitrogen and oxygen atoms in total. The second kappa shape index (κ2) is 6.18. The van der Waals surface area contributed by atoms with E-state index in [1.165, 1.54) is 0 Å². The van der Waals surface area contributed by atoms with Crippen LogP contribution in [0, 0.1) is 0 Å². The van der Waals surface area contributed by atoms with Gasteiger partial charge in [0.2, 0.25) is 0 Å². The Kier molecular flexibility index (Phi) is 4.32. The summed E-state index contributed by atoms with van der Waals surface area (Å²) in [5.41, 5.74) is 0.477. The van der Waals surface area contributed by atoms with Gasteiger partial charge in [0, 0.05) is 24.1 Å². The van der Waals surface area contributed by atoms with Crippen molar-refractivity contribution in [1.82, 2.24) is 9.88 Å². The quantitative estimate of drug-likeness (QED) is 0.818. The molecule has 1 atom stereocenters. The zero-order valence-electron chi connectivity index (χ0n) is 14.1. The minimum Gasteiger partial charge on any atom is -0.452 e. The van der Waals surface area contributed by atoms with Crippen molar-refractivity contribution >= 4 is 32.6 Å². The number of amides is 1. The lowest BCUT2D eigenvalue weighted by molar-refractivity contribution is -0.125. The second-order valence-corrected chi connectivity index (χ2v) is 8.88. The number of rotatable bonds is 4. The van der Waals surface area contributed by atoms with E-state index in [0.717, 1.165) is 10.9 Å². The smallest absolute Gasteiger partial charge is 0.340 e. The van der Waals surface area contributed by atoms with Gasteiger partial charge in [-0.05, 0) is 19.4 Å². The van der Waals surface area contributed by atoms with Crippen molar-refractivity contribution in [3.8, 4) is 0 Å². The van der Waals surface area contributed by atoms with Crippen LogP contribution < -0.4 is 5.32 Å². The number of aromatic nitrogens is 1. The Hall–Kier alpha value is -2.35. The number of aryl methyl sites for hydroxylation is 1. The number of sulfone groups is 1. The van der Waals surface area contributed by atoms with E-state index < -0.39 is 33.9 Å². The third-order valence-electron chi connectivity index (χ3n) is 4.40. The van der Waals surface area contributed by atoms with Gasteiger partial charge in [-0.3, -0.25) is 4.79 Å². The zero-order valence-corrected chi connectivity index (χ0v) is 14.9. The van der Waals surface area contributed by atoms with Gasteiger partial charge in [0.25, 0.3) is 5.91 Å². The highest BCUT2D eigenvalue weighted by Gasteiger charge is 2.39. The number of fused-ring (bicyclic) bond motifs is 1. The highest BCUT2D eigenvalue weighted by atomic mass is 32.2. The number of carbonyl (C=O) groups excluding carboxylic acids is 2. The van der Waals surface area contributed by atoms with Crippen molar-refractivity contribution in [2.45, 2.75) is 18.9 Å². The predicted octanol–water partition coefficient (Wildman–Crippen LogP) is 1.03. The maximum Gasteiger partial charge on any atom is 0.340 e. The molecule has 0 saturated carbocycles. The summed E-state index contributed by atoms with van der Waals surface area (Å²) < 4.78 is 30.1. The topological polar surface area (TPSA) is 94.5 Å². The number of ether oxygens (including phenoxy) is 1. The standard InChI is InChI=1S/C17H20N2O5S/c1-17(7-8-25(22,23)11-17)18-15(20)10-24-16(21)13-9-19(2)14-6-4-3-5-12(13)14/h3-6,9H,7-8,10-11H2,1-2H3,(H,18,20)/t17-/m0/s1. The first-order valence-electron chi connectivity index (χ1n) is 7.92. The van der Waals surface area contributed by atoms with Crippen molar-refractivity contribution in [1.29, 1.82) is 0 Å². The number of para-hydroxylation sites is 1. The van der Waals surface area contributed by atoms with Crippen molar-refractivity contribution in [2.75, 3.05) is 18.1 Å². The summed E-state index contributed by atoms with van der Waals surface area (Å²) in [4.78, 5) is 24.3. The first-order chi connectivity index (χ1) is 11.7. The van der Waals surface area contributed by atoms with Crippen LogP contribution in [0.1, 0.15) is 23.7 Å². The molecule has 1 amide bonds. The van der Waals surface area contributed by atoms with E-state index >= 15 is 0 Å². The summed E-state index contributed by atoms with van der Waals surface area (Å²) in [5, 5.41) is 3.41. The van der Waals surface area contributed by atoms with Gasteiger partial charge in [-0.2, -0.15) is 0 Å². The Morgan fingerprint density at radius 3 is 2.72 bits per heavy atom. The zero-order chi connectivity index (χ0) is 18.2.